The Morgan fingerprint density at radius 3 is 2.44 bits per heavy atom. The maximum absolute atomic E-state index is 12.9. The molecule has 0 aliphatic carbocycles. The second-order valence-corrected chi connectivity index (χ2v) is 8.31. The molecule has 0 radical (unpaired) electrons. The Balaban J connectivity index is 1.80. The van der Waals surface area contributed by atoms with Gasteiger partial charge in [0.05, 0.1) is 29.1 Å². The van der Waals surface area contributed by atoms with Crippen molar-refractivity contribution in [1.29, 1.82) is 0 Å². The van der Waals surface area contributed by atoms with Gasteiger partial charge in [-0.25, -0.2) is 4.79 Å². The third kappa shape index (κ3) is 5.85. The van der Waals surface area contributed by atoms with Crippen LogP contribution in [0.1, 0.15) is 24.2 Å². The first kappa shape index (κ1) is 24.2. The molecule has 1 aliphatic rings. The van der Waals surface area contributed by atoms with E-state index in [0.29, 0.717) is 27.0 Å². The molecule has 32 heavy (non-hydrogen) atoms. The van der Waals surface area contributed by atoms with Crippen molar-refractivity contribution in [3.63, 3.8) is 0 Å². The van der Waals surface area contributed by atoms with E-state index in [2.05, 4.69) is 22.0 Å². The number of carbonyl (C=O) groups excluding carboxylic acids is 2. The van der Waals surface area contributed by atoms with Crippen LogP contribution >= 0.6 is 23.2 Å². The van der Waals surface area contributed by atoms with Crippen molar-refractivity contribution in [2.75, 3.05) is 50.1 Å². The molecule has 3 rings (SSSR count). The summed E-state index contributed by atoms with van der Waals surface area (Å²) in [4.78, 5) is 29.5. The second-order valence-electron chi connectivity index (χ2n) is 7.47. The molecular weight excluding hydrogens is 453 g/mol. The van der Waals surface area contributed by atoms with Crippen molar-refractivity contribution < 1.29 is 19.1 Å². The van der Waals surface area contributed by atoms with Gasteiger partial charge in [0, 0.05) is 31.2 Å². The highest BCUT2D eigenvalue weighted by molar-refractivity contribution is 6.35. The highest BCUT2D eigenvalue weighted by Crippen LogP contribution is 2.31. The van der Waals surface area contributed by atoms with Gasteiger partial charge in [-0.1, -0.05) is 30.1 Å². The lowest BCUT2D eigenvalue weighted by Gasteiger charge is -2.36. The van der Waals surface area contributed by atoms with Gasteiger partial charge >= 0.3 is 5.97 Å². The minimum Gasteiger partial charge on any atom is -0.479 e. The van der Waals surface area contributed by atoms with E-state index in [1.807, 2.05) is 6.07 Å². The Hall–Kier alpha value is -2.48. The zero-order valence-electron chi connectivity index (χ0n) is 18.4. The number of hydrogen-bond acceptors (Lipinski definition) is 6. The Labute approximate surface area is 198 Å². The van der Waals surface area contributed by atoms with Crippen molar-refractivity contribution in [1.82, 2.24) is 4.90 Å². The average Bonchev–Trinajstić information content (AvgIpc) is 2.80. The first-order valence-corrected chi connectivity index (χ1v) is 11.2. The van der Waals surface area contributed by atoms with Gasteiger partial charge in [0.2, 0.25) is 0 Å². The van der Waals surface area contributed by atoms with Gasteiger partial charge in [0.25, 0.3) is 5.91 Å². The van der Waals surface area contributed by atoms with Crippen molar-refractivity contribution in [3.05, 3.63) is 52.0 Å². The molecule has 172 valence electrons. The van der Waals surface area contributed by atoms with Crippen LogP contribution in [0.2, 0.25) is 10.0 Å². The van der Waals surface area contributed by atoms with Crippen LogP contribution in [0.5, 0.6) is 5.75 Å². The number of piperazine rings is 1. The molecule has 0 bridgehead atoms. The number of hydrogen-bond donors (Lipinski definition) is 1. The molecule has 1 N–H and O–H groups in total. The number of amides is 1. The zero-order chi connectivity index (χ0) is 23.3. The Morgan fingerprint density at radius 2 is 1.81 bits per heavy atom. The van der Waals surface area contributed by atoms with Crippen molar-refractivity contribution >= 4 is 46.5 Å². The second kappa shape index (κ2) is 10.9. The van der Waals surface area contributed by atoms with E-state index in [1.54, 1.807) is 37.3 Å². The molecule has 1 saturated heterocycles. The van der Waals surface area contributed by atoms with Crippen molar-refractivity contribution in [2.24, 2.45) is 0 Å². The normalized spacial score (nSPS) is 15.2. The number of likely N-dealkylation sites (N-methyl/N-ethyl adjacent to an activating group) is 1. The topological polar surface area (TPSA) is 71.1 Å². The molecular formula is C23H27Cl2N3O4. The van der Waals surface area contributed by atoms with Crippen molar-refractivity contribution in [3.8, 4) is 5.75 Å². The van der Waals surface area contributed by atoms with Gasteiger partial charge in [0.1, 0.15) is 5.75 Å². The van der Waals surface area contributed by atoms with E-state index in [1.165, 1.54) is 7.11 Å². The van der Waals surface area contributed by atoms with Gasteiger partial charge in [-0.05, 0) is 49.9 Å². The summed E-state index contributed by atoms with van der Waals surface area (Å²) in [6.45, 7) is 8.27. The summed E-state index contributed by atoms with van der Waals surface area (Å²) < 4.78 is 10.6. The number of nitrogens with one attached hydrogen (secondary N) is 1. The highest BCUT2D eigenvalue weighted by atomic mass is 35.5. The molecule has 1 heterocycles. The number of carbonyl (C=O) groups is 2. The molecule has 2 aromatic carbocycles. The predicted octanol–water partition coefficient (Wildman–Crippen LogP) is 4.33. The SMILES string of the molecule is CCN1CCN(c2ccc(C(=O)OC)cc2NC(=O)C(C)Oc2ccc(Cl)cc2Cl)CC1. The van der Waals surface area contributed by atoms with Crippen LogP contribution in [0.4, 0.5) is 11.4 Å². The molecule has 0 saturated carbocycles. The molecule has 7 nitrogen and oxygen atoms in total. The van der Waals surface area contributed by atoms with Gasteiger partial charge in [-0.3, -0.25) is 4.79 Å². The summed E-state index contributed by atoms with van der Waals surface area (Å²) in [6.07, 6.45) is -0.833. The quantitative estimate of drug-likeness (QED) is 0.595. The van der Waals surface area contributed by atoms with Crippen LogP contribution in [0, 0.1) is 0 Å². The average molecular weight is 480 g/mol. The Kier molecular flexibility index (Phi) is 8.23. The maximum Gasteiger partial charge on any atom is 0.337 e. The number of ether oxygens (including phenoxy) is 2. The first-order valence-electron chi connectivity index (χ1n) is 10.4. The van der Waals surface area contributed by atoms with Crippen LogP contribution in [0.15, 0.2) is 36.4 Å². The van der Waals surface area contributed by atoms with Crippen LogP contribution in [0.25, 0.3) is 0 Å². The molecule has 1 unspecified atom stereocenters. The molecule has 2 aromatic rings. The number of methoxy groups -OCH3 is 1. The van der Waals surface area contributed by atoms with E-state index in [-0.39, 0.29) is 5.91 Å². The van der Waals surface area contributed by atoms with Gasteiger partial charge < -0.3 is 24.6 Å². The molecule has 0 spiro atoms. The minimum atomic E-state index is -0.833. The van der Waals surface area contributed by atoms with E-state index >= 15 is 0 Å². The summed E-state index contributed by atoms with van der Waals surface area (Å²) in [5.41, 5.74) is 1.73. The third-order valence-electron chi connectivity index (χ3n) is 5.40. The lowest BCUT2D eigenvalue weighted by atomic mass is 10.1. The lowest BCUT2D eigenvalue weighted by Crippen LogP contribution is -2.46. The maximum atomic E-state index is 12.9. The highest BCUT2D eigenvalue weighted by Gasteiger charge is 2.23. The third-order valence-corrected chi connectivity index (χ3v) is 5.93. The molecule has 9 heteroatoms. The molecule has 1 atom stereocenters. The van der Waals surface area contributed by atoms with Crippen LogP contribution < -0.4 is 15.0 Å². The minimum absolute atomic E-state index is 0.319. The van der Waals surface area contributed by atoms with E-state index in [9.17, 15) is 9.59 Å². The molecule has 1 fully saturated rings. The fourth-order valence-corrected chi connectivity index (χ4v) is 3.96. The summed E-state index contributed by atoms with van der Waals surface area (Å²) >= 11 is 12.1. The fourth-order valence-electron chi connectivity index (χ4n) is 3.51. The molecule has 1 aliphatic heterocycles. The standard InChI is InChI=1S/C23H27Cl2N3O4/c1-4-27-9-11-28(12-10-27)20-7-5-16(23(30)31-3)13-19(20)26-22(29)15(2)32-21-8-6-17(24)14-18(21)25/h5-8,13-15H,4,9-12H2,1-3H3,(H,26,29). The largest absolute Gasteiger partial charge is 0.479 e. The number of anilines is 2. The van der Waals surface area contributed by atoms with Crippen molar-refractivity contribution in [2.45, 2.75) is 20.0 Å². The smallest absolute Gasteiger partial charge is 0.337 e. The van der Waals surface area contributed by atoms with Gasteiger partial charge in [0.15, 0.2) is 6.10 Å². The van der Waals surface area contributed by atoms with Gasteiger partial charge in [-0.15, -0.1) is 0 Å². The summed E-state index contributed by atoms with van der Waals surface area (Å²) in [5.74, 6) is -0.482. The molecule has 1 amide bonds. The number of nitrogens with zero attached hydrogens (tertiary/aromatic N) is 2. The van der Waals surface area contributed by atoms with E-state index in [0.717, 1.165) is 38.4 Å². The fraction of sp³-hybridized carbons (Fsp3) is 0.391. The van der Waals surface area contributed by atoms with Crippen LogP contribution in [-0.2, 0) is 9.53 Å². The zero-order valence-corrected chi connectivity index (χ0v) is 19.9. The summed E-state index contributed by atoms with van der Waals surface area (Å²) in [7, 11) is 1.32. The number of rotatable bonds is 7. The van der Waals surface area contributed by atoms with Crippen LogP contribution in [0.3, 0.4) is 0 Å². The van der Waals surface area contributed by atoms with E-state index in [4.69, 9.17) is 32.7 Å². The van der Waals surface area contributed by atoms with Crippen LogP contribution in [-0.4, -0.2) is 62.7 Å². The Bertz CT molecular complexity index is 978. The van der Waals surface area contributed by atoms with E-state index < -0.39 is 12.1 Å². The summed E-state index contributed by atoms with van der Waals surface area (Å²) in [6, 6.07) is 9.98. The lowest BCUT2D eigenvalue weighted by molar-refractivity contribution is -0.122. The number of halogens is 2. The number of esters is 1. The Morgan fingerprint density at radius 1 is 1.09 bits per heavy atom. The predicted molar refractivity (Wildman–Crippen MR) is 127 cm³/mol. The first-order chi connectivity index (χ1) is 15.3. The monoisotopic (exact) mass is 479 g/mol. The number of benzene rings is 2. The van der Waals surface area contributed by atoms with Gasteiger partial charge in [-0.2, -0.15) is 0 Å². The molecule has 0 aromatic heterocycles. The summed E-state index contributed by atoms with van der Waals surface area (Å²) in [5, 5.41) is 3.70.